The molecule has 1 aromatic heterocycles. The molecule has 20 heavy (non-hydrogen) atoms. The van der Waals surface area contributed by atoms with Crippen LogP contribution in [0.1, 0.15) is 21.5 Å². The van der Waals surface area contributed by atoms with Crippen molar-refractivity contribution in [3.05, 3.63) is 50.1 Å². The molecule has 0 unspecified atom stereocenters. The maximum absolute atomic E-state index is 12.1. The number of halogens is 1. The van der Waals surface area contributed by atoms with Crippen molar-refractivity contribution in [2.75, 3.05) is 11.4 Å². The largest absolute Gasteiger partial charge is 0.304 e. The lowest BCUT2D eigenvalue weighted by molar-refractivity contribution is -0.114. The van der Waals surface area contributed by atoms with E-state index in [0.29, 0.717) is 12.1 Å². The molecule has 102 valence electrons. The highest BCUT2D eigenvalue weighted by Crippen LogP contribution is 2.35. The van der Waals surface area contributed by atoms with Crippen molar-refractivity contribution < 1.29 is 9.59 Å². The van der Waals surface area contributed by atoms with Crippen molar-refractivity contribution in [1.82, 2.24) is 0 Å². The monoisotopic (exact) mass is 349 g/mol. The normalized spacial score (nSPS) is 14.0. The van der Waals surface area contributed by atoms with Crippen LogP contribution in [0.4, 0.5) is 5.69 Å². The molecule has 0 saturated carbocycles. The average Bonchev–Trinajstić information content (AvgIpc) is 2.98. The molecule has 0 N–H and O–H groups in total. The van der Waals surface area contributed by atoms with Crippen LogP contribution in [0.2, 0.25) is 0 Å². The molecule has 0 radical (unpaired) electrons. The summed E-state index contributed by atoms with van der Waals surface area (Å²) in [7, 11) is 0. The Morgan fingerprint density at radius 2 is 2.10 bits per heavy atom. The number of hydrogen-bond donors (Lipinski definition) is 0. The van der Waals surface area contributed by atoms with Crippen molar-refractivity contribution in [3.63, 3.8) is 0 Å². The van der Waals surface area contributed by atoms with E-state index in [1.807, 2.05) is 24.4 Å². The third kappa shape index (κ3) is 2.21. The van der Waals surface area contributed by atoms with E-state index in [0.717, 1.165) is 22.1 Å². The van der Waals surface area contributed by atoms with Crippen LogP contribution in [0.3, 0.4) is 0 Å². The predicted molar refractivity (Wildman–Crippen MR) is 83.6 cm³/mol. The molecule has 0 fully saturated rings. The Balaban J connectivity index is 1.93. The van der Waals surface area contributed by atoms with Gasteiger partial charge >= 0.3 is 0 Å². The smallest absolute Gasteiger partial charge is 0.299 e. The lowest BCUT2D eigenvalue weighted by Gasteiger charge is -2.18. The van der Waals surface area contributed by atoms with Gasteiger partial charge in [-0.1, -0.05) is 15.9 Å². The van der Waals surface area contributed by atoms with Gasteiger partial charge in [0.1, 0.15) is 0 Å². The minimum Gasteiger partial charge on any atom is -0.304 e. The van der Waals surface area contributed by atoms with Gasteiger partial charge in [0, 0.05) is 11.0 Å². The molecule has 3 nitrogen and oxygen atoms in total. The number of carbonyl (C=O) groups is 2. The number of nitrogens with zero attached hydrogens (tertiary/aromatic N) is 1. The second kappa shape index (κ2) is 5.14. The van der Waals surface area contributed by atoms with Crippen LogP contribution in [-0.4, -0.2) is 18.2 Å². The highest BCUT2D eigenvalue weighted by Gasteiger charge is 2.36. The molecule has 1 aromatic carbocycles. The van der Waals surface area contributed by atoms with Gasteiger partial charge in [0.05, 0.1) is 11.3 Å². The van der Waals surface area contributed by atoms with Gasteiger partial charge in [-0.3, -0.25) is 9.59 Å². The van der Waals surface area contributed by atoms with Gasteiger partial charge in [-0.25, -0.2) is 0 Å². The topological polar surface area (TPSA) is 37.4 Å². The van der Waals surface area contributed by atoms with Crippen LogP contribution in [0, 0.1) is 6.92 Å². The van der Waals surface area contributed by atoms with Crippen molar-refractivity contribution in [1.29, 1.82) is 0 Å². The van der Waals surface area contributed by atoms with Crippen molar-refractivity contribution in [2.24, 2.45) is 0 Å². The van der Waals surface area contributed by atoms with Gasteiger partial charge in [-0.2, -0.15) is 11.3 Å². The maximum atomic E-state index is 12.1. The molecule has 0 bridgehead atoms. The van der Waals surface area contributed by atoms with Crippen LogP contribution in [0.5, 0.6) is 0 Å². The quantitative estimate of drug-likeness (QED) is 0.794. The molecule has 0 atom stereocenters. The molecular formula is C15H12BrNO2S. The Bertz CT molecular complexity index is 694. The summed E-state index contributed by atoms with van der Waals surface area (Å²) >= 11 is 5.01. The second-order valence-corrected chi connectivity index (χ2v) is 6.48. The highest BCUT2D eigenvalue weighted by atomic mass is 79.9. The lowest BCUT2D eigenvalue weighted by Crippen LogP contribution is -2.31. The third-order valence-electron chi connectivity index (χ3n) is 3.42. The standard InChI is InChI=1S/C15H12BrNO2S/c1-9-6-11(16)7-12-13(9)17(15(19)14(12)18)4-2-10-3-5-20-8-10/h3,5-8H,2,4H2,1H3. The van der Waals surface area contributed by atoms with E-state index in [1.165, 1.54) is 5.56 Å². The Morgan fingerprint density at radius 3 is 2.80 bits per heavy atom. The van der Waals surface area contributed by atoms with Gasteiger partial charge < -0.3 is 4.90 Å². The Labute approximate surface area is 129 Å². The van der Waals surface area contributed by atoms with Gasteiger partial charge in [-0.15, -0.1) is 0 Å². The molecule has 1 aliphatic rings. The molecule has 1 amide bonds. The summed E-state index contributed by atoms with van der Waals surface area (Å²) in [6, 6.07) is 5.71. The number of hydrogen-bond acceptors (Lipinski definition) is 3. The summed E-state index contributed by atoms with van der Waals surface area (Å²) in [6.07, 6.45) is 0.761. The minimum atomic E-state index is -0.420. The number of ketones is 1. The van der Waals surface area contributed by atoms with Crippen LogP contribution < -0.4 is 4.90 Å². The zero-order chi connectivity index (χ0) is 14.3. The number of benzene rings is 1. The van der Waals surface area contributed by atoms with Gasteiger partial charge in [-0.05, 0) is 53.4 Å². The molecule has 5 heteroatoms. The molecule has 2 aromatic rings. The maximum Gasteiger partial charge on any atom is 0.299 e. The molecule has 3 rings (SSSR count). The first-order valence-electron chi connectivity index (χ1n) is 6.25. The number of carbonyl (C=O) groups excluding carboxylic acids is 2. The summed E-state index contributed by atoms with van der Waals surface area (Å²) in [5.41, 5.74) is 3.41. The van der Waals surface area contributed by atoms with Crippen LogP contribution >= 0.6 is 27.3 Å². The fourth-order valence-electron chi connectivity index (χ4n) is 2.50. The molecule has 0 saturated heterocycles. The number of anilines is 1. The SMILES string of the molecule is Cc1cc(Br)cc2c1N(CCc1ccsc1)C(=O)C2=O. The zero-order valence-electron chi connectivity index (χ0n) is 10.9. The average molecular weight is 350 g/mol. The predicted octanol–water partition coefficient (Wildman–Crippen LogP) is 3.59. The summed E-state index contributed by atoms with van der Waals surface area (Å²) in [4.78, 5) is 25.8. The summed E-state index contributed by atoms with van der Waals surface area (Å²) in [5.74, 6) is -0.828. The first-order valence-corrected chi connectivity index (χ1v) is 7.99. The fourth-order valence-corrected chi connectivity index (χ4v) is 3.77. The molecular weight excluding hydrogens is 338 g/mol. The van der Waals surface area contributed by atoms with E-state index < -0.39 is 11.7 Å². The van der Waals surface area contributed by atoms with Crippen molar-refractivity contribution in [2.45, 2.75) is 13.3 Å². The Kier molecular flexibility index (Phi) is 3.48. The molecule has 0 spiro atoms. The first kappa shape index (κ1) is 13.5. The van der Waals surface area contributed by atoms with Crippen molar-refractivity contribution in [3.8, 4) is 0 Å². The third-order valence-corrected chi connectivity index (χ3v) is 4.61. The lowest BCUT2D eigenvalue weighted by atomic mass is 10.1. The van der Waals surface area contributed by atoms with Crippen LogP contribution in [0.15, 0.2) is 33.4 Å². The van der Waals surface area contributed by atoms with E-state index in [-0.39, 0.29) is 0 Å². The van der Waals surface area contributed by atoms with E-state index in [1.54, 1.807) is 22.3 Å². The van der Waals surface area contributed by atoms with Crippen LogP contribution in [0.25, 0.3) is 0 Å². The van der Waals surface area contributed by atoms with Gasteiger partial charge in [0.15, 0.2) is 0 Å². The van der Waals surface area contributed by atoms with Gasteiger partial charge in [0.25, 0.3) is 11.7 Å². The second-order valence-electron chi connectivity index (χ2n) is 4.79. The number of fused-ring (bicyclic) bond motifs is 1. The number of aryl methyl sites for hydroxylation is 1. The highest BCUT2D eigenvalue weighted by molar-refractivity contribution is 9.10. The molecule has 1 aliphatic heterocycles. The van der Waals surface area contributed by atoms with Crippen LogP contribution in [-0.2, 0) is 11.2 Å². The fraction of sp³-hybridized carbons (Fsp3) is 0.200. The summed E-state index contributed by atoms with van der Waals surface area (Å²) < 4.78 is 0.828. The van der Waals surface area contributed by atoms with E-state index >= 15 is 0 Å². The number of thiophene rings is 1. The summed E-state index contributed by atoms with van der Waals surface area (Å²) in [6.45, 7) is 2.46. The van der Waals surface area contributed by atoms with E-state index in [9.17, 15) is 9.59 Å². The number of amides is 1. The molecule has 0 aliphatic carbocycles. The zero-order valence-corrected chi connectivity index (χ0v) is 13.3. The summed E-state index contributed by atoms with van der Waals surface area (Å²) in [5, 5.41) is 4.08. The minimum absolute atomic E-state index is 0.408. The van der Waals surface area contributed by atoms with Crippen molar-refractivity contribution >= 4 is 44.6 Å². The van der Waals surface area contributed by atoms with Gasteiger partial charge in [0.2, 0.25) is 0 Å². The number of rotatable bonds is 3. The Hall–Kier alpha value is -1.46. The van der Waals surface area contributed by atoms with E-state index in [4.69, 9.17) is 0 Å². The Morgan fingerprint density at radius 1 is 1.30 bits per heavy atom. The van der Waals surface area contributed by atoms with E-state index in [2.05, 4.69) is 21.3 Å². The first-order chi connectivity index (χ1) is 9.58. The molecule has 2 heterocycles. The number of Topliss-reactive ketones (excluding diaryl/α,β-unsaturated/α-hetero) is 1.